The summed E-state index contributed by atoms with van der Waals surface area (Å²) in [5.41, 5.74) is 4.72. The zero-order chi connectivity index (χ0) is 15.6. The van der Waals surface area contributed by atoms with Gasteiger partial charge in [-0.1, -0.05) is 6.07 Å². The fourth-order valence-electron chi connectivity index (χ4n) is 3.30. The van der Waals surface area contributed by atoms with Crippen molar-refractivity contribution < 1.29 is 9.21 Å². The Balaban J connectivity index is 1.42. The van der Waals surface area contributed by atoms with E-state index in [2.05, 4.69) is 28.9 Å². The molecule has 4 heteroatoms. The molecule has 2 aromatic heterocycles. The normalized spacial score (nSPS) is 13.4. The Morgan fingerprint density at radius 3 is 2.96 bits per heavy atom. The molecule has 3 nitrogen and oxygen atoms in total. The number of nitrogens with one attached hydrogen (secondary N) is 1. The summed E-state index contributed by atoms with van der Waals surface area (Å²) in [5.74, 6) is 0.0600. The number of hydrogen-bond acceptors (Lipinski definition) is 3. The molecule has 0 fully saturated rings. The Hall–Kier alpha value is -2.07. The summed E-state index contributed by atoms with van der Waals surface area (Å²) >= 11 is 1.73. The molecule has 0 spiro atoms. The van der Waals surface area contributed by atoms with Crippen molar-refractivity contribution in [1.82, 2.24) is 5.32 Å². The second-order valence-corrected chi connectivity index (χ2v) is 7.12. The van der Waals surface area contributed by atoms with Crippen molar-refractivity contribution in [2.45, 2.75) is 32.1 Å². The first kappa shape index (κ1) is 14.5. The number of benzene rings is 1. The summed E-state index contributed by atoms with van der Waals surface area (Å²) in [6.45, 7) is 0.685. The molecular weight excluding hydrogens is 306 g/mol. The summed E-state index contributed by atoms with van der Waals surface area (Å²) in [6.07, 6.45) is 6.52. The molecule has 1 aliphatic rings. The molecule has 1 amide bonds. The Kier molecular flexibility index (Phi) is 3.92. The lowest BCUT2D eigenvalue weighted by atomic mass is 10.0. The van der Waals surface area contributed by atoms with E-state index in [0.29, 0.717) is 13.0 Å². The molecule has 0 saturated heterocycles. The fraction of sp³-hybridized carbons (Fsp3) is 0.316. The van der Waals surface area contributed by atoms with E-state index in [9.17, 15) is 4.79 Å². The Labute approximate surface area is 139 Å². The van der Waals surface area contributed by atoms with E-state index in [4.69, 9.17) is 4.42 Å². The standard InChI is InChI=1S/C19H19NO2S/c21-19(20-7-6-16-5-2-8-23-16)11-15-12-22-18-10-14-4-1-3-13(14)9-17(15)18/h2,5,8-10,12H,1,3-4,6-7,11H2,(H,20,21). The zero-order valence-electron chi connectivity index (χ0n) is 12.9. The first-order valence-electron chi connectivity index (χ1n) is 8.10. The van der Waals surface area contributed by atoms with E-state index >= 15 is 0 Å². The first-order valence-corrected chi connectivity index (χ1v) is 8.98. The molecule has 1 aliphatic carbocycles. The van der Waals surface area contributed by atoms with Crippen molar-refractivity contribution in [2.75, 3.05) is 6.54 Å². The van der Waals surface area contributed by atoms with Gasteiger partial charge in [0.2, 0.25) is 5.91 Å². The van der Waals surface area contributed by atoms with Crippen LogP contribution in [0.25, 0.3) is 11.0 Å². The van der Waals surface area contributed by atoms with Gasteiger partial charge in [-0.25, -0.2) is 0 Å². The van der Waals surface area contributed by atoms with Crippen LogP contribution < -0.4 is 5.32 Å². The van der Waals surface area contributed by atoms with E-state index in [-0.39, 0.29) is 5.91 Å². The van der Waals surface area contributed by atoms with Crippen LogP contribution in [0.4, 0.5) is 0 Å². The summed E-state index contributed by atoms with van der Waals surface area (Å²) < 4.78 is 5.66. The average Bonchev–Trinajstić information content (AvgIpc) is 3.26. The van der Waals surface area contributed by atoms with Crippen molar-refractivity contribution in [3.8, 4) is 0 Å². The maximum atomic E-state index is 12.2. The second-order valence-electron chi connectivity index (χ2n) is 6.09. The molecular formula is C19H19NO2S. The quantitative estimate of drug-likeness (QED) is 0.773. The summed E-state index contributed by atoms with van der Waals surface area (Å²) in [4.78, 5) is 13.5. The SMILES string of the molecule is O=C(Cc1coc2cc3c(cc12)CCC3)NCCc1cccs1. The maximum Gasteiger partial charge on any atom is 0.224 e. The minimum Gasteiger partial charge on any atom is -0.464 e. The number of amides is 1. The lowest BCUT2D eigenvalue weighted by Crippen LogP contribution is -2.26. The highest BCUT2D eigenvalue weighted by Crippen LogP contribution is 2.30. The van der Waals surface area contributed by atoms with Gasteiger partial charge in [-0.3, -0.25) is 4.79 Å². The van der Waals surface area contributed by atoms with E-state index in [1.165, 1.54) is 22.4 Å². The Morgan fingerprint density at radius 2 is 2.13 bits per heavy atom. The lowest BCUT2D eigenvalue weighted by molar-refractivity contribution is -0.120. The van der Waals surface area contributed by atoms with E-state index in [1.807, 2.05) is 6.07 Å². The number of thiophene rings is 1. The molecule has 2 heterocycles. The van der Waals surface area contributed by atoms with Gasteiger partial charge in [0.1, 0.15) is 5.58 Å². The minimum atomic E-state index is 0.0600. The third-order valence-corrected chi connectivity index (χ3v) is 5.43. The van der Waals surface area contributed by atoms with Crippen LogP contribution in [0.15, 0.2) is 40.3 Å². The molecule has 1 aromatic carbocycles. The van der Waals surface area contributed by atoms with Crippen LogP contribution in [0.2, 0.25) is 0 Å². The number of fused-ring (bicyclic) bond motifs is 2. The molecule has 118 valence electrons. The number of hydrogen-bond donors (Lipinski definition) is 1. The third kappa shape index (κ3) is 3.04. The highest BCUT2D eigenvalue weighted by molar-refractivity contribution is 7.09. The van der Waals surface area contributed by atoms with Crippen LogP contribution in [0.1, 0.15) is 28.0 Å². The van der Waals surface area contributed by atoms with Gasteiger partial charge in [0.15, 0.2) is 0 Å². The van der Waals surface area contributed by atoms with Crippen LogP contribution in [0, 0.1) is 0 Å². The average molecular weight is 325 g/mol. The molecule has 0 radical (unpaired) electrons. The van der Waals surface area contributed by atoms with Crippen LogP contribution in [-0.4, -0.2) is 12.5 Å². The Bertz CT molecular complexity index is 833. The Morgan fingerprint density at radius 1 is 1.26 bits per heavy atom. The number of rotatable bonds is 5. The molecule has 0 aliphatic heterocycles. The molecule has 3 aromatic rings. The van der Waals surface area contributed by atoms with Crippen LogP contribution in [-0.2, 0) is 30.5 Å². The van der Waals surface area contributed by atoms with Gasteiger partial charge in [0, 0.05) is 22.4 Å². The van der Waals surface area contributed by atoms with Crippen molar-refractivity contribution in [2.24, 2.45) is 0 Å². The summed E-state index contributed by atoms with van der Waals surface area (Å²) in [5, 5.41) is 6.16. The highest BCUT2D eigenvalue weighted by atomic mass is 32.1. The summed E-state index contributed by atoms with van der Waals surface area (Å²) in [7, 11) is 0. The van der Waals surface area contributed by atoms with Crippen molar-refractivity contribution in [3.63, 3.8) is 0 Å². The zero-order valence-corrected chi connectivity index (χ0v) is 13.7. The molecule has 1 N–H and O–H groups in total. The predicted octanol–water partition coefficient (Wildman–Crippen LogP) is 3.88. The van der Waals surface area contributed by atoms with E-state index < -0.39 is 0 Å². The van der Waals surface area contributed by atoms with Crippen LogP contribution >= 0.6 is 11.3 Å². The second kappa shape index (κ2) is 6.20. The molecule has 23 heavy (non-hydrogen) atoms. The number of carbonyl (C=O) groups is 1. The van der Waals surface area contributed by atoms with Crippen molar-refractivity contribution >= 4 is 28.2 Å². The smallest absolute Gasteiger partial charge is 0.224 e. The predicted molar refractivity (Wildman–Crippen MR) is 93.0 cm³/mol. The molecule has 0 bridgehead atoms. The molecule has 0 unspecified atom stereocenters. The number of aryl methyl sites for hydroxylation is 2. The topological polar surface area (TPSA) is 42.2 Å². The van der Waals surface area contributed by atoms with Gasteiger partial charge in [0.05, 0.1) is 12.7 Å². The maximum absolute atomic E-state index is 12.2. The first-order chi connectivity index (χ1) is 11.3. The van der Waals surface area contributed by atoms with E-state index in [0.717, 1.165) is 35.8 Å². The lowest BCUT2D eigenvalue weighted by Gasteiger charge is -2.04. The third-order valence-electron chi connectivity index (χ3n) is 4.49. The molecule has 0 atom stereocenters. The van der Waals surface area contributed by atoms with Gasteiger partial charge in [-0.05, 0) is 60.4 Å². The minimum absolute atomic E-state index is 0.0600. The molecule has 0 saturated carbocycles. The fourth-order valence-corrected chi connectivity index (χ4v) is 4.01. The number of carbonyl (C=O) groups excluding carboxylic acids is 1. The van der Waals surface area contributed by atoms with E-state index in [1.54, 1.807) is 17.6 Å². The van der Waals surface area contributed by atoms with Gasteiger partial charge in [0.25, 0.3) is 0 Å². The molecule has 4 rings (SSSR count). The number of furan rings is 1. The van der Waals surface area contributed by atoms with Crippen molar-refractivity contribution in [3.05, 3.63) is 57.5 Å². The summed E-state index contributed by atoms with van der Waals surface area (Å²) in [6, 6.07) is 8.50. The van der Waals surface area contributed by atoms with Crippen LogP contribution in [0.5, 0.6) is 0 Å². The van der Waals surface area contributed by atoms with Crippen molar-refractivity contribution in [1.29, 1.82) is 0 Å². The highest BCUT2D eigenvalue weighted by Gasteiger charge is 2.16. The van der Waals surface area contributed by atoms with Crippen LogP contribution in [0.3, 0.4) is 0 Å². The monoisotopic (exact) mass is 325 g/mol. The van der Waals surface area contributed by atoms with Gasteiger partial charge in [-0.15, -0.1) is 11.3 Å². The van der Waals surface area contributed by atoms with Gasteiger partial charge >= 0.3 is 0 Å². The van der Waals surface area contributed by atoms with Gasteiger partial charge in [-0.2, -0.15) is 0 Å². The largest absolute Gasteiger partial charge is 0.464 e. The van der Waals surface area contributed by atoms with Gasteiger partial charge < -0.3 is 9.73 Å².